The topological polar surface area (TPSA) is 63.5 Å². The third kappa shape index (κ3) is 3.67. The molecule has 0 aliphatic carbocycles. The van der Waals surface area contributed by atoms with Crippen LogP contribution in [0.3, 0.4) is 0 Å². The number of aromatic nitrogens is 3. The summed E-state index contributed by atoms with van der Waals surface area (Å²) in [5, 5.41) is 4.56. The number of ether oxygens (including phenoxy) is 1. The average Bonchev–Trinajstić information content (AvgIpc) is 3.36. The van der Waals surface area contributed by atoms with Crippen LogP contribution in [0.2, 0.25) is 0 Å². The van der Waals surface area contributed by atoms with Gasteiger partial charge in [-0.05, 0) is 31.2 Å². The van der Waals surface area contributed by atoms with Gasteiger partial charge in [0.25, 0.3) is 0 Å². The third-order valence-corrected chi connectivity index (χ3v) is 5.96. The first-order valence-electron chi connectivity index (χ1n) is 10.5. The summed E-state index contributed by atoms with van der Waals surface area (Å²) >= 11 is 0. The Balaban J connectivity index is 1.31. The molecule has 0 unspecified atom stereocenters. The number of allylic oxidation sites excluding steroid dienone is 1. The molecule has 0 amide bonds. The summed E-state index contributed by atoms with van der Waals surface area (Å²) in [5.41, 5.74) is 7.23. The zero-order chi connectivity index (χ0) is 21.4. The van der Waals surface area contributed by atoms with Gasteiger partial charge in [0.1, 0.15) is 5.69 Å². The van der Waals surface area contributed by atoms with E-state index >= 15 is 0 Å². The molecule has 0 N–H and O–H groups in total. The summed E-state index contributed by atoms with van der Waals surface area (Å²) in [6.07, 6.45) is 4.01. The SMILES string of the molecule is COC(=O)c1ccc(-c2ccccc2N2CCN(C3=Cc4cc(C)nn4C3)CC2)cn1. The van der Waals surface area contributed by atoms with Gasteiger partial charge < -0.3 is 14.5 Å². The Kier molecular flexibility index (Phi) is 4.94. The van der Waals surface area contributed by atoms with Crippen molar-refractivity contribution in [2.75, 3.05) is 38.2 Å². The molecule has 0 saturated carbocycles. The first-order chi connectivity index (χ1) is 15.1. The van der Waals surface area contributed by atoms with E-state index in [0.29, 0.717) is 5.69 Å². The first kappa shape index (κ1) is 19.4. The minimum Gasteiger partial charge on any atom is -0.464 e. The number of para-hydroxylation sites is 1. The van der Waals surface area contributed by atoms with Gasteiger partial charge in [-0.15, -0.1) is 0 Å². The van der Waals surface area contributed by atoms with E-state index in [4.69, 9.17) is 4.74 Å². The second-order valence-corrected chi connectivity index (χ2v) is 7.92. The Morgan fingerprint density at radius 3 is 2.52 bits per heavy atom. The minimum absolute atomic E-state index is 0.317. The molecule has 1 saturated heterocycles. The fraction of sp³-hybridized carbons (Fsp3) is 0.292. The van der Waals surface area contributed by atoms with Crippen molar-refractivity contribution < 1.29 is 9.53 Å². The van der Waals surface area contributed by atoms with E-state index in [-0.39, 0.29) is 0 Å². The summed E-state index contributed by atoms with van der Waals surface area (Å²) < 4.78 is 6.83. The molecular formula is C24H25N5O2. The van der Waals surface area contributed by atoms with E-state index in [1.165, 1.54) is 24.2 Å². The monoisotopic (exact) mass is 415 g/mol. The van der Waals surface area contributed by atoms with Crippen molar-refractivity contribution in [2.24, 2.45) is 0 Å². The number of carbonyl (C=O) groups excluding carboxylic acids is 1. The van der Waals surface area contributed by atoms with Gasteiger partial charge in [0.05, 0.1) is 25.0 Å². The first-order valence-corrected chi connectivity index (χ1v) is 10.5. The molecule has 0 spiro atoms. The molecule has 1 aromatic carbocycles. The lowest BCUT2D eigenvalue weighted by Gasteiger charge is -2.38. The fourth-order valence-corrected chi connectivity index (χ4v) is 4.38. The number of anilines is 1. The Labute approximate surface area is 181 Å². The molecule has 3 aromatic rings. The third-order valence-electron chi connectivity index (χ3n) is 5.96. The van der Waals surface area contributed by atoms with Gasteiger partial charge in [0, 0.05) is 54.9 Å². The zero-order valence-corrected chi connectivity index (χ0v) is 17.8. The Hall–Kier alpha value is -3.61. The predicted molar refractivity (Wildman–Crippen MR) is 120 cm³/mol. The number of hydrogen-bond acceptors (Lipinski definition) is 6. The molecule has 0 atom stereocenters. The Morgan fingerprint density at radius 1 is 1.03 bits per heavy atom. The minimum atomic E-state index is -0.422. The molecule has 2 aromatic heterocycles. The van der Waals surface area contributed by atoms with Crippen molar-refractivity contribution in [2.45, 2.75) is 13.5 Å². The molecule has 4 heterocycles. The van der Waals surface area contributed by atoms with Crippen molar-refractivity contribution in [3.05, 3.63) is 71.4 Å². The number of rotatable bonds is 4. The number of methoxy groups -OCH3 is 1. The molecule has 31 heavy (non-hydrogen) atoms. The van der Waals surface area contributed by atoms with Gasteiger partial charge in [0.2, 0.25) is 0 Å². The number of aryl methyl sites for hydroxylation is 1. The number of pyridine rings is 1. The lowest BCUT2D eigenvalue weighted by Crippen LogP contribution is -2.46. The van der Waals surface area contributed by atoms with Crippen LogP contribution in [0.1, 0.15) is 21.9 Å². The molecule has 158 valence electrons. The highest BCUT2D eigenvalue weighted by Gasteiger charge is 2.24. The van der Waals surface area contributed by atoms with Gasteiger partial charge in [0.15, 0.2) is 0 Å². The average molecular weight is 415 g/mol. The van der Waals surface area contributed by atoms with E-state index < -0.39 is 5.97 Å². The van der Waals surface area contributed by atoms with E-state index in [1.54, 1.807) is 12.3 Å². The number of carbonyl (C=O) groups is 1. The largest absolute Gasteiger partial charge is 0.464 e. The molecule has 2 aliphatic rings. The van der Waals surface area contributed by atoms with E-state index in [1.807, 2.05) is 19.1 Å². The van der Waals surface area contributed by atoms with Gasteiger partial charge in [-0.3, -0.25) is 4.68 Å². The molecule has 0 radical (unpaired) electrons. The number of nitrogens with zero attached hydrogens (tertiary/aromatic N) is 5. The Morgan fingerprint density at radius 2 is 1.81 bits per heavy atom. The standard InChI is InChI=1S/C24H25N5O2/c1-17-13-19-14-20(16-29(19)26-17)27-9-11-28(12-10-27)23-6-4-3-5-21(23)18-7-8-22(25-15-18)24(30)31-2/h3-8,13-15H,9-12,16H2,1-2H3. The smallest absolute Gasteiger partial charge is 0.356 e. The van der Waals surface area contributed by atoms with Gasteiger partial charge in [-0.25, -0.2) is 9.78 Å². The van der Waals surface area contributed by atoms with Crippen molar-refractivity contribution in [3.8, 4) is 11.1 Å². The number of fused-ring (bicyclic) bond motifs is 1. The molecule has 0 bridgehead atoms. The van der Waals surface area contributed by atoms with E-state index in [9.17, 15) is 4.79 Å². The van der Waals surface area contributed by atoms with Crippen LogP contribution in [-0.2, 0) is 11.3 Å². The van der Waals surface area contributed by atoms with Crippen LogP contribution in [0, 0.1) is 6.92 Å². The number of esters is 1. The van der Waals surface area contributed by atoms with Crippen LogP contribution in [0.25, 0.3) is 17.2 Å². The van der Waals surface area contributed by atoms with Crippen LogP contribution in [0.15, 0.2) is 54.4 Å². The van der Waals surface area contributed by atoms with Crippen molar-refractivity contribution in [1.82, 2.24) is 19.7 Å². The Bertz CT molecular complexity index is 1140. The zero-order valence-electron chi connectivity index (χ0n) is 17.8. The molecular weight excluding hydrogens is 390 g/mol. The van der Waals surface area contributed by atoms with Crippen molar-refractivity contribution in [1.29, 1.82) is 0 Å². The fourth-order valence-electron chi connectivity index (χ4n) is 4.38. The maximum Gasteiger partial charge on any atom is 0.356 e. The van der Waals surface area contributed by atoms with Crippen molar-refractivity contribution in [3.63, 3.8) is 0 Å². The van der Waals surface area contributed by atoms with Crippen LogP contribution >= 0.6 is 0 Å². The maximum absolute atomic E-state index is 11.7. The number of piperazine rings is 1. The molecule has 2 aliphatic heterocycles. The van der Waals surface area contributed by atoms with E-state index in [2.05, 4.69) is 54.9 Å². The molecule has 1 fully saturated rings. The number of benzene rings is 1. The number of hydrogen-bond donors (Lipinski definition) is 0. The lowest BCUT2D eigenvalue weighted by atomic mass is 10.0. The summed E-state index contributed by atoms with van der Waals surface area (Å²) in [5.74, 6) is -0.422. The predicted octanol–water partition coefficient (Wildman–Crippen LogP) is 3.22. The summed E-state index contributed by atoms with van der Waals surface area (Å²) in [7, 11) is 1.36. The highest BCUT2D eigenvalue weighted by atomic mass is 16.5. The molecule has 7 nitrogen and oxygen atoms in total. The van der Waals surface area contributed by atoms with Gasteiger partial charge >= 0.3 is 5.97 Å². The van der Waals surface area contributed by atoms with Crippen LogP contribution < -0.4 is 4.90 Å². The van der Waals surface area contributed by atoms with Crippen molar-refractivity contribution >= 4 is 17.7 Å². The van der Waals surface area contributed by atoms with E-state index in [0.717, 1.165) is 49.5 Å². The quantitative estimate of drug-likeness (QED) is 0.610. The summed E-state index contributed by atoms with van der Waals surface area (Å²) in [6, 6.07) is 14.2. The van der Waals surface area contributed by atoms with Gasteiger partial charge in [-0.2, -0.15) is 5.10 Å². The van der Waals surface area contributed by atoms with Crippen LogP contribution in [0.4, 0.5) is 5.69 Å². The highest BCUT2D eigenvalue weighted by Crippen LogP contribution is 2.32. The molecule has 7 heteroatoms. The highest BCUT2D eigenvalue weighted by molar-refractivity contribution is 5.88. The van der Waals surface area contributed by atoms with Crippen LogP contribution in [-0.4, -0.2) is 58.9 Å². The second-order valence-electron chi connectivity index (χ2n) is 7.92. The lowest BCUT2D eigenvalue weighted by molar-refractivity contribution is 0.0594. The normalized spacial score (nSPS) is 15.6. The van der Waals surface area contributed by atoms with Gasteiger partial charge in [-0.1, -0.05) is 24.3 Å². The molecule has 5 rings (SSSR count). The second kappa shape index (κ2) is 7.91. The van der Waals surface area contributed by atoms with Crippen LogP contribution in [0.5, 0.6) is 0 Å². The maximum atomic E-state index is 11.7. The summed E-state index contributed by atoms with van der Waals surface area (Å²) in [6.45, 7) is 6.74. The summed E-state index contributed by atoms with van der Waals surface area (Å²) in [4.78, 5) is 20.9.